The highest BCUT2D eigenvalue weighted by molar-refractivity contribution is 6.30. The van der Waals surface area contributed by atoms with Crippen molar-refractivity contribution in [2.24, 2.45) is 0 Å². The molecule has 0 aromatic carbocycles. The number of aromatic nitrogens is 2. The lowest BCUT2D eigenvalue weighted by atomic mass is 10.4. The molecule has 2 rings (SSSR count). The number of pyridine rings is 2. The number of halogens is 1. The Bertz CT molecular complexity index is 417. The molecule has 4 heteroatoms. The van der Waals surface area contributed by atoms with Crippen LogP contribution in [0.25, 0.3) is 0 Å². The van der Waals surface area contributed by atoms with Crippen molar-refractivity contribution >= 4 is 23.1 Å². The Morgan fingerprint density at radius 3 is 2.86 bits per heavy atom. The Hall–Kier alpha value is -1.61. The van der Waals surface area contributed by atoms with Crippen LogP contribution in [-0.4, -0.2) is 9.97 Å². The molecule has 0 saturated carbocycles. The first-order valence-electron chi connectivity index (χ1n) is 4.13. The van der Waals surface area contributed by atoms with Crippen LogP contribution in [0.2, 0.25) is 5.02 Å². The zero-order chi connectivity index (χ0) is 9.80. The Balaban J connectivity index is 2.19. The number of anilines is 2. The van der Waals surface area contributed by atoms with Gasteiger partial charge in [0.15, 0.2) is 0 Å². The summed E-state index contributed by atoms with van der Waals surface area (Å²) in [4.78, 5) is 8.09. The predicted octanol–water partition coefficient (Wildman–Crippen LogP) is 2.87. The van der Waals surface area contributed by atoms with E-state index in [0.717, 1.165) is 5.69 Å². The number of rotatable bonds is 2. The summed E-state index contributed by atoms with van der Waals surface area (Å²) in [6.45, 7) is 0. The summed E-state index contributed by atoms with van der Waals surface area (Å²) in [5.74, 6) is 0.713. The molecule has 70 valence electrons. The molecule has 0 aliphatic rings. The molecule has 2 heterocycles. The van der Waals surface area contributed by atoms with E-state index in [2.05, 4.69) is 15.3 Å². The van der Waals surface area contributed by atoms with Crippen molar-refractivity contribution in [1.82, 2.24) is 9.97 Å². The summed E-state index contributed by atoms with van der Waals surface area (Å²) in [5.41, 5.74) is 0.891. The molecule has 0 fully saturated rings. The largest absolute Gasteiger partial charge is 0.339 e. The quantitative estimate of drug-likeness (QED) is 0.819. The second-order valence-electron chi connectivity index (χ2n) is 2.73. The average molecular weight is 206 g/mol. The fourth-order valence-electron chi connectivity index (χ4n) is 1.06. The van der Waals surface area contributed by atoms with E-state index in [1.165, 1.54) is 0 Å². The van der Waals surface area contributed by atoms with Crippen LogP contribution in [0.15, 0.2) is 42.9 Å². The van der Waals surface area contributed by atoms with E-state index < -0.39 is 0 Å². The lowest BCUT2D eigenvalue weighted by Gasteiger charge is -2.03. The normalized spacial score (nSPS) is 9.79. The van der Waals surface area contributed by atoms with Crippen LogP contribution < -0.4 is 5.32 Å². The molecule has 0 aliphatic carbocycles. The average Bonchev–Trinajstić information content (AvgIpc) is 2.19. The number of hydrogen-bond donors (Lipinski definition) is 1. The minimum Gasteiger partial charge on any atom is -0.339 e. The van der Waals surface area contributed by atoms with Crippen molar-refractivity contribution in [1.29, 1.82) is 0 Å². The molecule has 0 amide bonds. The van der Waals surface area contributed by atoms with E-state index >= 15 is 0 Å². The lowest BCUT2D eigenvalue weighted by Crippen LogP contribution is -1.92. The number of nitrogens with zero attached hydrogens (tertiary/aromatic N) is 2. The van der Waals surface area contributed by atoms with Crippen molar-refractivity contribution in [3.05, 3.63) is 47.9 Å². The van der Waals surface area contributed by atoms with Crippen molar-refractivity contribution in [3.8, 4) is 0 Å². The van der Waals surface area contributed by atoms with Gasteiger partial charge >= 0.3 is 0 Å². The van der Waals surface area contributed by atoms with Gasteiger partial charge in [-0.15, -0.1) is 0 Å². The molecule has 0 atom stereocenters. The van der Waals surface area contributed by atoms with Crippen LogP contribution in [-0.2, 0) is 0 Å². The molecule has 0 bridgehead atoms. The maximum Gasteiger partial charge on any atom is 0.131 e. The highest BCUT2D eigenvalue weighted by Gasteiger charge is 1.95. The van der Waals surface area contributed by atoms with Gasteiger partial charge in [0.2, 0.25) is 0 Å². The highest BCUT2D eigenvalue weighted by Crippen LogP contribution is 2.16. The predicted molar refractivity (Wildman–Crippen MR) is 56.8 cm³/mol. The van der Waals surface area contributed by atoms with Gasteiger partial charge in [-0.1, -0.05) is 11.6 Å². The first kappa shape index (κ1) is 8.97. The summed E-state index contributed by atoms with van der Waals surface area (Å²) in [7, 11) is 0. The second-order valence-corrected chi connectivity index (χ2v) is 3.16. The summed E-state index contributed by atoms with van der Waals surface area (Å²) in [6.07, 6.45) is 5.10. The molecule has 14 heavy (non-hydrogen) atoms. The van der Waals surface area contributed by atoms with Crippen molar-refractivity contribution in [3.63, 3.8) is 0 Å². The van der Waals surface area contributed by atoms with E-state index in [4.69, 9.17) is 11.6 Å². The molecular formula is C10H8ClN3. The molecule has 2 aromatic heterocycles. The van der Waals surface area contributed by atoms with Crippen LogP contribution in [0.3, 0.4) is 0 Å². The molecule has 0 radical (unpaired) electrons. The lowest BCUT2D eigenvalue weighted by molar-refractivity contribution is 1.28. The maximum absolute atomic E-state index is 5.82. The first-order chi connectivity index (χ1) is 6.84. The first-order valence-corrected chi connectivity index (χ1v) is 4.51. The summed E-state index contributed by atoms with van der Waals surface area (Å²) in [5, 5.41) is 3.75. The van der Waals surface area contributed by atoms with Gasteiger partial charge in [-0.3, -0.25) is 4.98 Å². The van der Waals surface area contributed by atoms with Crippen LogP contribution >= 0.6 is 11.6 Å². The Morgan fingerprint density at radius 1 is 1.21 bits per heavy atom. The van der Waals surface area contributed by atoms with Gasteiger partial charge in [0.05, 0.1) is 11.9 Å². The second kappa shape index (κ2) is 4.07. The van der Waals surface area contributed by atoms with Crippen LogP contribution in [0.1, 0.15) is 0 Å². The Kier molecular flexibility index (Phi) is 2.60. The summed E-state index contributed by atoms with van der Waals surface area (Å²) in [6, 6.07) is 7.26. The van der Waals surface area contributed by atoms with Crippen LogP contribution in [0, 0.1) is 0 Å². The monoisotopic (exact) mass is 205 g/mol. The Labute approximate surface area is 86.8 Å². The third-order valence-electron chi connectivity index (χ3n) is 1.66. The van der Waals surface area contributed by atoms with Gasteiger partial charge in [0.1, 0.15) is 5.82 Å². The molecule has 0 unspecified atom stereocenters. The highest BCUT2D eigenvalue weighted by atomic mass is 35.5. The molecule has 0 aliphatic heterocycles. The van der Waals surface area contributed by atoms with Gasteiger partial charge in [-0.2, -0.15) is 0 Å². The third-order valence-corrected chi connectivity index (χ3v) is 1.89. The van der Waals surface area contributed by atoms with E-state index in [1.54, 1.807) is 30.7 Å². The summed E-state index contributed by atoms with van der Waals surface area (Å²) < 4.78 is 0. The SMILES string of the molecule is Clc1ccnc(Nc2cccnc2)c1. The maximum atomic E-state index is 5.82. The van der Waals surface area contributed by atoms with E-state index in [9.17, 15) is 0 Å². The van der Waals surface area contributed by atoms with E-state index in [1.807, 2.05) is 12.1 Å². The minimum atomic E-state index is 0.659. The Morgan fingerprint density at radius 2 is 2.14 bits per heavy atom. The zero-order valence-electron chi connectivity index (χ0n) is 7.31. The fourth-order valence-corrected chi connectivity index (χ4v) is 1.22. The minimum absolute atomic E-state index is 0.659. The number of hydrogen-bond acceptors (Lipinski definition) is 3. The van der Waals surface area contributed by atoms with Crippen molar-refractivity contribution in [2.75, 3.05) is 5.32 Å². The molecule has 1 N–H and O–H groups in total. The van der Waals surface area contributed by atoms with Crippen molar-refractivity contribution < 1.29 is 0 Å². The van der Waals surface area contributed by atoms with Gasteiger partial charge in [0, 0.05) is 17.4 Å². The topological polar surface area (TPSA) is 37.8 Å². The van der Waals surface area contributed by atoms with E-state index in [0.29, 0.717) is 10.8 Å². The van der Waals surface area contributed by atoms with Gasteiger partial charge in [-0.05, 0) is 24.3 Å². The van der Waals surface area contributed by atoms with E-state index in [-0.39, 0.29) is 0 Å². The van der Waals surface area contributed by atoms with Gasteiger partial charge < -0.3 is 5.32 Å². The molecule has 0 spiro atoms. The van der Waals surface area contributed by atoms with Crippen LogP contribution in [0.4, 0.5) is 11.5 Å². The standard InChI is InChI=1S/C10H8ClN3/c11-8-3-5-13-10(6-8)14-9-2-1-4-12-7-9/h1-7H,(H,13,14). The van der Waals surface area contributed by atoms with Crippen LogP contribution in [0.5, 0.6) is 0 Å². The van der Waals surface area contributed by atoms with Gasteiger partial charge in [0.25, 0.3) is 0 Å². The number of nitrogens with one attached hydrogen (secondary N) is 1. The molecule has 3 nitrogen and oxygen atoms in total. The van der Waals surface area contributed by atoms with Gasteiger partial charge in [-0.25, -0.2) is 4.98 Å². The smallest absolute Gasteiger partial charge is 0.131 e. The summed E-state index contributed by atoms with van der Waals surface area (Å²) >= 11 is 5.82. The molecule has 0 saturated heterocycles. The zero-order valence-corrected chi connectivity index (χ0v) is 8.07. The fraction of sp³-hybridized carbons (Fsp3) is 0. The third kappa shape index (κ3) is 2.20. The molecule has 2 aromatic rings. The molecular weight excluding hydrogens is 198 g/mol. The van der Waals surface area contributed by atoms with Crippen molar-refractivity contribution in [2.45, 2.75) is 0 Å².